The second kappa shape index (κ2) is 7.99. The van der Waals surface area contributed by atoms with Gasteiger partial charge in [0.05, 0.1) is 17.8 Å². The summed E-state index contributed by atoms with van der Waals surface area (Å²) >= 11 is 0. The molecule has 0 aromatic carbocycles. The maximum Gasteiger partial charge on any atom is 0.334 e. The van der Waals surface area contributed by atoms with Crippen LogP contribution in [0.1, 0.15) is 59.3 Å². The van der Waals surface area contributed by atoms with Crippen molar-refractivity contribution in [3.8, 4) is 0 Å². The first-order valence-electron chi connectivity index (χ1n) is 10.2. The number of carbonyl (C=O) groups is 2. The van der Waals surface area contributed by atoms with Gasteiger partial charge < -0.3 is 19.3 Å². The summed E-state index contributed by atoms with van der Waals surface area (Å²) in [7, 11) is 0. The predicted molar refractivity (Wildman–Crippen MR) is 103 cm³/mol. The standard InChI is InChI=1S/C22H32O6/c1-12-7-6-8-13(2)19(26-15(4)23)20-16(14(3)21(25)27-20)11-18(24)22(5)10-9-17(12)28-22/h13,16-20,24H,1,3,6-11H2,2,4-5H3/t13-,16-,17+,18+,19+,20+,22?/m0/s1. The van der Waals surface area contributed by atoms with Gasteiger partial charge in [-0.15, -0.1) is 0 Å². The Labute approximate surface area is 166 Å². The van der Waals surface area contributed by atoms with E-state index < -0.39 is 41.8 Å². The molecule has 0 saturated carbocycles. The Morgan fingerprint density at radius 3 is 2.71 bits per heavy atom. The van der Waals surface area contributed by atoms with E-state index in [9.17, 15) is 14.7 Å². The molecule has 2 bridgehead atoms. The number of aliphatic hydroxyl groups is 1. The first kappa shape index (κ1) is 21.1. The summed E-state index contributed by atoms with van der Waals surface area (Å²) < 4.78 is 17.4. The van der Waals surface area contributed by atoms with Crippen molar-refractivity contribution in [1.82, 2.24) is 0 Å². The van der Waals surface area contributed by atoms with Crippen LogP contribution in [0.3, 0.4) is 0 Å². The third kappa shape index (κ3) is 4.03. The molecule has 0 amide bonds. The van der Waals surface area contributed by atoms with E-state index in [1.54, 1.807) is 0 Å². The van der Waals surface area contributed by atoms with E-state index >= 15 is 0 Å². The van der Waals surface area contributed by atoms with Crippen LogP contribution in [0.25, 0.3) is 0 Å². The maximum absolute atomic E-state index is 12.3. The smallest absolute Gasteiger partial charge is 0.334 e. The summed E-state index contributed by atoms with van der Waals surface area (Å²) in [6.45, 7) is 13.4. The van der Waals surface area contributed by atoms with Gasteiger partial charge in [-0.3, -0.25) is 4.79 Å². The highest BCUT2D eigenvalue weighted by molar-refractivity contribution is 5.91. The van der Waals surface area contributed by atoms with Crippen molar-refractivity contribution in [1.29, 1.82) is 0 Å². The average Bonchev–Trinajstić information content (AvgIpc) is 3.15. The van der Waals surface area contributed by atoms with E-state index in [-0.39, 0.29) is 18.4 Å². The summed E-state index contributed by atoms with van der Waals surface area (Å²) in [6, 6.07) is 0. The highest BCUT2D eigenvalue weighted by Crippen LogP contribution is 2.43. The number of carbonyl (C=O) groups excluding carboxylic acids is 2. The molecule has 3 saturated heterocycles. The first-order valence-corrected chi connectivity index (χ1v) is 10.2. The van der Waals surface area contributed by atoms with Crippen molar-refractivity contribution in [3.63, 3.8) is 0 Å². The van der Waals surface area contributed by atoms with Gasteiger partial charge in [-0.1, -0.05) is 20.1 Å². The summed E-state index contributed by atoms with van der Waals surface area (Å²) in [5, 5.41) is 11.0. The minimum Gasteiger partial charge on any atom is -0.458 e. The molecule has 1 N–H and O–H groups in total. The number of rotatable bonds is 1. The molecule has 3 aliphatic rings. The average molecular weight is 392 g/mol. The van der Waals surface area contributed by atoms with Crippen molar-refractivity contribution >= 4 is 11.9 Å². The molecule has 1 unspecified atom stereocenters. The molecule has 6 nitrogen and oxygen atoms in total. The zero-order chi connectivity index (χ0) is 20.6. The molecular weight excluding hydrogens is 360 g/mol. The molecule has 0 aromatic heterocycles. The fourth-order valence-corrected chi connectivity index (χ4v) is 4.76. The van der Waals surface area contributed by atoms with Crippen molar-refractivity contribution in [3.05, 3.63) is 24.3 Å². The number of esters is 2. The minimum atomic E-state index is -0.793. The van der Waals surface area contributed by atoms with Crippen molar-refractivity contribution < 1.29 is 28.9 Å². The lowest BCUT2D eigenvalue weighted by Gasteiger charge is -2.35. The van der Waals surface area contributed by atoms with Crippen LogP contribution in [0.2, 0.25) is 0 Å². The molecule has 0 radical (unpaired) electrons. The fraction of sp³-hybridized carbons (Fsp3) is 0.727. The molecule has 156 valence electrons. The second-order valence-electron chi connectivity index (χ2n) is 8.81. The van der Waals surface area contributed by atoms with E-state index in [1.807, 2.05) is 13.8 Å². The van der Waals surface area contributed by atoms with Crippen molar-refractivity contribution in [2.75, 3.05) is 0 Å². The Hall–Kier alpha value is -1.66. The Kier molecular flexibility index (Phi) is 6.01. The molecule has 28 heavy (non-hydrogen) atoms. The largest absolute Gasteiger partial charge is 0.458 e. The van der Waals surface area contributed by atoms with E-state index in [2.05, 4.69) is 13.2 Å². The minimum absolute atomic E-state index is 0.00510. The molecule has 3 aliphatic heterocycles. The van der Waals surface area contributed by atoms with Gasteiger partial charge in [0.25, 0.3) is 0 Å². The summed E-state index contributed by atoms with van der Waals surface area (Å²) in [5.74, 6) is -1.32. The zero-order valence-electron chi connectivity index (χ0n) is 17.1. The van der Waals surface area contributed by atoms with Gasteiger partial charge in [0.1, 0.15) is 12.2 Å². The van der Waals surface area contributed by atoms with E-state index in [1.165, 1.54) is 6.92 Å². The van der Waals surface area contributed by atoms with Gasteiger partial charge in [-0.2, -0.15) is 0 Å². The maximum atomic E-state index is 12.3. The van der Waals surface area contributed by atoms with Gasteiger partial charge in [0.15, 0.2) is 0 Å². The lowest BCUT2D eigenvalue weighted by Crippen LogP contribution is -2.45. The van der Waals surface area contributed by atoms with Gasteiger partial charge in [-0.05, 0) is 56.9 Å². The molecule has 7 atom stereocenters. The van der Waals surface area contributed by atoms with Crippen LogP contribution < -0.4 is 0 Å². The van der Waals surface area contributed by atoms with E-state index in [0.29, 0.717) is 5.57 Å². The summed E-state index contributed by atoms with van der Waals surface area (Å²) in [4.78, 5) is 24.0. The number of hydrogen-bond acceptors (Lipinski definition) is 6. The van der Waals surface area contributed by atoms with Crippen LogP contribution in [-0.2, 0) is 23.8 Å². The number of fused-ring (bicyclic) bond motifs is 3. The van der Waals surface area contributed by atoms with E-state index in [0.717, 1.165) is 37.7 Å². The van der Waals surface area contributed by atoms with E-state index in [4.69, 9.17) is 14.2 Å². The van der Waals surface area contributed by atoms with Gasteiger partial charge in [-0.25, -0.2) is 4.79 Å². The quantitative estimate of drug-likeness (QED) is 0.420. The SMILES string of the molecule is C=C1CCC[C@H](C)[C@@H](OC(C)=O)[C@@H]2OC(=O)C(=C)[C@@H]2C[C@@H](O)C2(C)CC[C@H]1O2. The monoisotopic (exact) mass is 392 g/mol. The molecule has 3 rings (SSSR count). The molecule has 6 heteroatoms. The van der Waals surface area contributed by atoms with Gasteiger partial charge in [0.2, 0.25) is 0 Å². The highest BCUT2D eigenvalue weighted by Gasteiger charge is 2.50. The number of ether oxygens (including phenoxy) is 3. The van der Waals surface area contributed by atoms with Gasteiger partial charge >= 0.3 is 11.9 Å². The van der Waals surface area contributed by atoms with Crippen LogP contribution in [0.5, 0.6) is 0 Å². The van der Waals surface area contributed by atoms with Crippen molar-refractivity contribution in [2.45, 2.75) is 89.3 Å². The molecule has 0 aliphatic carbocycles. The van der Waals surface area contributed by atoms with Gasteiger partial charge in [0, 0.05) is 18.4 Å². The van der Waals surface area contributed by atoms with Crippen LogP contribution in [-0.4, -0.2) is 47.1 Å². The molecule has 3 heterocycles. The first-order chi connectivity index (χ1) is 13.1. The predicted octanol–water partition coefficient (Wildman–Crippen LogP) is 3.08. The molecule has 0 spiro atoms. The normalized spacial score (nSPS) is 42.1. The Morgan fingerprint density at radius 1 is 1.32 bits per heavy atom. The topological polar surface area (TPSA) is 82.1 Å². The number of aliphatic hydroxyl groups excluding tert-OH is 1. The zero-order valence-corrected chi connectivity index (χ0v) is 17.1. The Morgan fingerprint density at radius 2 is 2.04 bits per heavy atom. The van der Waals surface area contributed by atoms with Crippen LogP contribution in [0, 0.1) is 11.8 Å². The van der Waals surface area contributed by atoms with Crippen LogP contribution >= 0.6 is 0 Å². The van der Waals surface area contributed by atoms with Crippen molar-refractivity contribution in [2.24, 2.45) is 11.8 Å². The summed E-state index contributed by atoms with van der Waals surface area (Å²) in [6.07, 6.45) is 2.27. The van der Waals surface area contributed by atoms with Crippen LogP contribution in [0.4, 0.5) is 0 Å². The Balaban J connectivity index is 1.93. The molecular formula is C22H32O6. The second-order valence-corrected chi connectivity index (χ2v) is 8.81. The lowest BCUT2D eigenvalue weighted by atomic mass is 9.79. The van der Waals surface area contributed by atoms with Crippen LogP contribution in [0.15, 0.2) is 24.3 Å². The lowest BCUT2D eigenvalue weighted by molar-refractivity contribution is -0.166. The molecule has 3 fully saturated rings. The third-order valence-electron chi connectivity index (χ3n) is 6.65. The highest BCUT2D eigenvalue weighted by atomic mass is 16.6. The Bertz CT molecular complexity index is 670. The third-order valence-corrected chi connectivity index (χ3v) is 6.65. The summed E-state index contributed by atoms with van der Waals surface area (Å²) in [5.41, 5.74) is 0.661. The fourth-order valence-electron chi connectivity index (χ4n) is 4.76. The molecule has 0 aromatic rings. The number of hydrogen-bond donors (Lipinski definition) is 1.